The molecule has 0 unspecified atom stereocenters. The van der Waals surface area contributed by atoms with Gasteiger partial charge in [-0.3, -0.25) is 4.79 Å². The van der Waals surface area contributed by atoms with Crippen LogP contribution in [0.1, 0.15) is 20.7 Å². The highest BCUT2D eigenvalue weighted by Crippen LogP contribution is 2.29. The monoisotopic (exact) mass is 463 g/mol. The zero-order valence-electron chi connectivity index (χ0n) is 18.0. The minimum absolute atomic E-state index is 0.0960. The Kier molecular flexibility index (Phi) is 6.90. The molecule has 32 heavy (non-hydrogen) atoms. The summed E-state index contributed by atoms with van der Waals surface area (Å²) in [6, 6.07) is 9.07. The van der Waals surface area contributed by atoms with Gasteiger partial charge in [0.2, 0.25) is 10.0 Å². The van der Waals surface area contributed by atoms with Gasteiger partial charge in [-0.15, -0.1) is 0 Å². The number of hydrogen-bond acceptors (Lipinski definition) is 8. The molecule has 1 heterocycles. The van der Waals surface area contributed by atoms with Crippen LogP contribution in [0.25, 0.3) is 0 Å². The van der Waals surface area contributed by atoms with Crippen molar-refractivity contribution >= 4 is 27.6 Å². The number of benzene rings is 2. The van der Waals surface area contributed by atoms with Crippen molar-refractivity contribution in [3.8, 4) is 11.5 Å². The average molecular weight is 464 g/mol. The van der Waals surface area contributed by atoms with Crippen molar-refractivity contribution < 1.29 is 32.2 Å². The Morgan fingerprint density at radius 1 is 0.906 bits per heavy atom. The Labute approximate surface area is 186 Å². The van der Waals surface area contributed by atoms with Crippen LogP contribution in [0.5, 0.6) is 11.5 Å². The lowest BCUT2D eigenvalue weighted by Gasteiger charge is -2.37. The van der Waals surface area contributed by atoms with Gasteiger partial charge in [0.1, 0.15) is 0 Å². The number of primary sulfonamides is 1. The molecular weight excluding hydrogens is 438 g/mol. The maximum Gasteiger partial charge on any atom is 0.340 e. The summed E-state index contributed by atoms with van der Waals surface area (Å²) < 4.78 is 38.6. The van der Waals surface area contributed by atoms with E-state index in [2.05, 4.69) is 0 Å². The molecule has 2 aromatic rings. The van der Waals surface area contributed by atoms with Crippen molar-refractivity contribution in [1.29, 1.82) is 0 Å². The minimum atomic E-state index is -3.97. The second-order valence-electron chi connectivity index (χ2n) is 7.06. The first kappa shape index (κ1) is 23.4. The number of carbonyl (C=O) groups is 2. The molecule has 1 saturated heterocycles. The maximum atomic E-state index is 12.9. The number of hydrogen-bond donors (Lipinski definition) is 1. The average Bonchev–Trinajstić information content (AvgIpc) is 2.81. The van der Waals surface area contributed by atoms with Crippen LogP contribution in [-0.2, 0) is 14.8 Å². The fraction of sp³-hybridized carbons (Fsp3) is 0.333. The largest absolute Gasteiger partial charge is 0.493 e. The second kappa shape index (κ2) is 9.45. The van der Waals surface area contributed by atoms with Crippen molar-refractivity contribution in [2.45, 2.75) is 4.90 Å². The summed E-state index contributed by atoms with van der Waals surface area (Å²) in [5.41, 5.74) is 1.09. The van der Waals surface area contributed by atoms with Gasteiger partial charge in [0.15, 0.2) is 11.5 Å². The van der Waals surface area contributed by atoms with Crippen molar-refractivity contribution in [3.05, 3.63) is 47.5 Å². The molecule has 0 atom stereocenters. The van der Waals surface area contributed by atoms with E-state index < -0.39 is 16.0 Å². The van der Waals surface area contributed by atoms with E-state index in [1.54, 1.807) is 23.1 Å². The molecular formula is C21H25N3O7S. The van der Waals surface area contributed by atoms with E-state index in [0.29, 0.717) is 48.9 Å². The highest BCUT2D eigenvalue weighted by Gasteiger charge is 2.26. The number of amides is 1. The molecule has 1 amide bonds. The van der Waals surface area contributed by atoms with Gasteiger partial charge in [-0.05, 0) is 36.4 Å². The summed E-state index contributed by atoms with van der Waals surface area (Å²) in [6.07, 6.45) is 0. The van der Waals surface area contributed by atoms with Crippen molar-refractivity contribution in [2.24, 2.45) is 5.14 Å². The third-order valence-electron chi connectivity index (χ3n) is 5.24. The van der Waals surface area contributed by atoms with Gasteiger partial charge in [-0.25, -0.2) is 18.4 Å². The fourth-order valence-electron chi connectivity index (χ4n) is 3.54. The molecule has 0 spiro atoms. The van der Waals surface area contributed by atoms with E-state index in [1.807, 2.05) is 4.90 Å². The molecule has 172 valence electrons. The molecule has 0 bridgehead atoms. The van der Waals surface area contributed by atoms with Crippen LogP contribution in [0.4, 0.5) is 5.69 Å². The number of esters is 1. The number of ether oxygens (including phenoxy) is 3. The first-order valence-electron chi connectivity index (χ1n) is 9.71. The van der Waals surface area contributed by atoms with Crippen LogP contribution in [0.15, 0.2) is 41.3 Å². The molecule has 11 heteroatoms. The Bertz CT molecular complexity index is 1130. The Morgan fingerprint density at radius 2 is 1.56 bits per heavy atom. The van der Waals surface area contributed by atoms with E-state index in [4.69, 9.17) is 19.3 Å². The van der Waals surface area contributed by atoms with Gasteiger partial charge in [0, 0.05) is 31.7 Å². The molecule has 1 aliphatic rings. The number of nitrogens with zero attached hydrogens (tertiary/aromatic N) is 2. The predicted octanol–water partition coefficient (Wildman–Crippen LogP) is 1.10. The number of sulfonamides is 1. The fourth-order valence-corrected chi connectivity index (χ4v) is 4.08. The third-order valence-corrected chi connectivity index (χ3v) is 6.15. The quantitative estimate of drug-likeness (QED) is 0.631. The molecule has 10 nitrogen and oxygen atoms in total. The summed E-state index contributed by atoms with van der Waals surface area (Å²) in [6.45, 7) is 1.70. The predicted molar refractivity (Wildman–Crippen MR) is 117 cm³/mol. The SMILES string of the molecule is COC(=O)c1cc(S(N)(=O)=O)ccc1N1CCN(C(=O)c2ccc(OC)c(OC)c2)CC1. The van der Waals surface area contributed by atoms with E-state index in [-0.39, 0.29) is 16.4 Å². The van der Waals surface area contributed by atoms with E-state index in [9.17, 15) is 18.0 Å². The lowest BCUT2D eigenvalue weighted by molar-refractivity contribution is 0.0599. The van der Waals surface area contributed by atoms with E-state index in [0.717, 1.165) is 0 Å². The Balaban J connectivity index is 1.78. The van der Waals surface area contributed by atoms with E-state index in [1.165, 1.54) is 39.5 Å². The molecule has 0 aliphatic carbocycles. The minimum Gasteiger partial charge on any atom is -0.493 e. The molecule has 3 rings (SSSR count). The molecule has 2 N–H and O–H groups in total. The number of rotatable bonds is 6. The number of anilines is 1. The van der Waals surface area contributed by atoms with Crippen LogP contribution in [0, 0.1) is 0 Å². The van der Waals surface area contributed by atoms with Gasteiger partial charge >= 0.3 is 5.97 Å². The van der Waals surface area contributed by atoms with Gasteiger partial charge in [-0.1, -0.05) is 0 Å². The number of methoxy groups -OCH3 is 3. The van der Waals surface area contributed by atoms with Gasteiger partial charge < -0.3 is 24.0 Å². The Hall–Kier alpha value is -3.31. The second-order valence-corrected chi connectivity index (χ2v) is 8.63. The first-order chi connectivity index (χ1) is 15.2. The molecule has 0 radical (unpaired) electrons. The Morgan fingerprint density at radius 3 is 2.12 bits per heavy atom. The lowest BCUT2D eigenvalue weighted by Crippen LogP contribution is -2.49. The van der Waals surface area contributed by atoms with Crippen molar-refractivity contribution in [3.63, 3.8) is 0 Å². The van der Waals surface area contributed by atoms with Crippen LogP contribution in [0.2, 0.25) is 0 Å². The zero-order chi connectivity index (χ0) is 23.5. The molecule has 1 aliphatic heterocycles. The lowest BCUT2D eigenvalue weighted by atomic mass is 10.1. The van der Waals surface area contributed by atoms with Crippen molar-refractivity contribution in [2.75, 3.05) is 52.4 Å². The topological polar surface area (TPSA) is 128 Å². The van der Waals surface area contributed by atoms with Crippen LogP contribution < -0.4 is 19.5 Å². The van der Waals surface area contributed by atoms with Gasteiger partial charge in [0.25, 0.3) is 5.91 Å². The van der Waals surface area contributed by atoms with Gasteiger partial charge in [-0.2, -0.15) is 0 Å². The zero-order valence-corrected chi connectivity index (χ0v) is 18.8. The number of carbonyl (C=O) groups excluding carboxylic acids is 2. The summed E-state index contributed by atoms with van der Waals surface area (Å²) >= 11 is 0. The highest BCUT2D eigenvalue weighted by atomic mass is 32.2. The van der Waals surface area contributed by atoms with Crippen LogP contribution >= 0.6 is 0 Å². The number of nitrogens with two attached hydrogens (primary N) is 1. The normalized spacial score (nSPS) is 14.1. The maximum absolute atomic E-state index is 12.9. The summed E-state index contributed by atoms with van der Waals surface area (Å²) in [5.74, 6) is 0.180. The number of piperazine rings is 1. The smallest absolute Gasteiger partial charge is 0.340 e. The van der Waals surface area contributed by atoms with Gasteiger partial charge in [0.05, 0.1) is 37.5 Å². The van der Waals surface area contributed by atoms with Crippen molar-refractivity contribution in [1.82, 2.24) is 4.90 Å². The van der Waals surface area contributed by atoms with E-state index >= 15 is 0 Å². The van der Waals surface area contributed by atoms with Crippen LogP contribution in [-0.4, -0.2) is 72.7 Å². The molecule has 1 fully saturated rings. The first-order valence-corrected chi connectivity index (χ1v) is 11.3. The summed E-state index contributed by atoms with van der Waals surface area (Å²) in [4.78, 5) is 28.6. The third kappa shape index (κ3) is 4.78. The highest BCUT2D eigenvalue weighted by molar-refractivity contribution is 7.89. The molecule has 2 aromatic carbocycles. The molecule has 0 saturated carbocycles. The van der Waals surface area contributed by atoms with Crippen LogP contribution in [0.3, 0.4) is 0 Å². The summed E-state index contributed by atoms with van der Waals surface area (Å²) in [5, 5.41) is 5.19. The molecule has 0 aromatic heterocycles. The summed E-state index contributed by atoms with van der Waals surface area (Å²) in [7, 11) is 0.273. The standard InChI is InChI=1S/C21H25N3O7S/c1-29-18-7-4-14(12-19(18)30-2)20(25)24-10-8-23(9-11-24)17-6-5-15(32(22,27)28)13-16(17)21(26)31-3/h4-7,12-13H,8-11H2,1-3H3,(H2,22,27,28).